The summed E-state index contributed by atoms with van der Waals surface area (Å²) in [6.07, 6.45) is 4.01. The molecule has 1 aromatic carbocycles. The summed E-state index contributed by atoms with van der Waals surface area (Å²) in [5, 5.41) is 3.39. The van der Waals surface area contributed by atoms with Gasteiger partial charge in [0.25, 0.3) is 0 Å². The van der Waals surface area contributed by atoms with Crippen molar-refractivity contribution in [3.05, 3.63) is 35.9 Å². The molecule has 0 atom stereocenters. The molecule has 20 heavy (non-hydrogen) atoms. The van der Waals surface area contributed by atoms with E-state index in [4.69, 9.17) is 0 Å². The number of rotatable bonds is 7. The average molecular weight is 274 g/mol. The van der Waals surface area contributed by atoms with Gasteiger partial charge in [0.05, 0.1) is 6.54 Å². The molecule has 1 saturated heterocycles. The molecular weight excluding hydrogens is 248 g/mol. The number of piperidine rings is 1. The Kier molecular flexibility index (Phi) is 6.22. The van der Waals surface area contributed by atoms with Crippen LogP contribution in [0.2, 0.25) is 0 Å². The third-order valence-corrected chi connectivity index (χ3v) is 3.96. The van der Waals surface area contributed by atoms with E-state index in [-0.39, 0.29) is 0 Å². The van der Waals surface area contributed by atoms with Crippen molar-refractivity contribution in [3.8, 4) is 0 Å². The Balaban J connectivity index is 1.88. The predicted molar refractivity (Wildman–Crippen MR) is 82.9 cm³/mol. The minimum absolute atomic E-state index is 0.336. The maximum atomic E-state index is 12.3. The minimum Gasteiger partial charge on any atom is -0.317 e. The molecule has 3 heteroatoms. The van der Waals surface area contributed by atoms with E-state index in [0.717, 1.165) is 31.6 Å². The number of ketones is 1. The van der Waals surface area contributed by atoms with Crippen LogP contribution in [0.25, 0.3) is 0 Å². The summed E-state index contributed by atoms with van der Waals surface area (Å²) in [5.41, 5.74) is 1.12. The normalized spacial score (nSPS) is 16.5. The lowest BCUT2D eigenvalue weighted by Crippen LogP contribution is -2.45. The van der Waals surface area contributed by atoms with Crippen LogP contribution in [0.15, 0.2) is 30.3 Å². The first-order chi connectivity index (χ1) is 9.79. The van der Waals surface area contributed by atoms with Crippen molar-refractivity contribution in [2.24, 2.45) is 0 Å². The van der Waals surface area contributed by atoms with E-state index in [1.807, 2.05) is 30.3 Å². The Morgan fingerprint density at radius 2 is 1.95 bits per heavy atom. The Morgan fingerprint density at radius 3 is 2.60 bits per heavy atom. The summed E-state index contributed by atoms with van der Waals surface area (Å²) in [6.45, 7) is 5.99. The van der Waals surface area contributed by atoms with Crippen LogP contribution in [0, 0.1) is 0 Å². The molecule has 0 radical (unpaired) electrons. The summed E-state index contributed by atoms with van der Waals surface area (Å²) >= 11 is 0. The zero-order valence-electron chi connectivity index (χ0n) is 12.5. The lowest BCUT2D eigenvalue weighted by atomic mass is 10.0. The number of carbonyl (C=O) groups excluding carboxylic acids is 1. The van der Waals surface area contributed by atoms with Gasteiger partial charge in [0.2, 0.25) is 0 Å². The predicted octanol–water partition coefficient (Wildman–Crippen LogP) is 2.26. The number of Topliss-reactive ketones (excluding diaryl/α,β-unsaturated/α-hetero) is 1. The van der Waals surface area contributed by atoms with E-state index < -0.39 is 0 Å². The fourth-order valence-corrected chi connectivity index (χ4v) is 2.96. The molecule has 0 aromatic heterocycles. The molecule has 1 aliphatic rings. The van der Waals surface area contributed by atoms with E-state index in [2.05, 4.69) is 17.1 Å². The second-order valence-corrected chi connectivity index (χ2v) is 5.65. The molecule has 0 spiro atoms. The Morgan fingerprint density at radius 1 is 1.25 bits per heavy atom. The molecule has 1 heterocycles. The molecule has 0 amide bonds. The van der Waals surface area contributed by atoms with Crippen LogP contribution in [-0.2, 0) is 11.2 Å². The second kappa shape index (κ2) is 8.18. The third-order valence-electron chi connectivity index (χ3n) is 3.96. The second-order valence-electron chi connectivity index (χ2n) is 5.65. The summed E-state index contributed by atoms with van der Waals surface area (Å²) in [6, 6.07) is 10.6. The fourth-order valence-electron chi connectivity index (χ4n) is 2.96. The van der Waals surface area contributed by atoms with Crippen LogP contribution in [0.1, 0.15) is 31.7 Å². The first-order valence-corrected chi connectivity index (χ1v) is 7.80. The van der Waals surface area contributed by atoms with Crippen molar-refractivity contribution in [1.82, 2.24) is 10.2 Å². The average Bonchev–Trinajstić information content (AvgIpc) is 2.49. The Hall–Kier alpha value is -1.19. The van der Waals surface area contributed by atoms with Crippen molar-refractivity contribution >= 4 is 5.78 Å². The molecule has 1 aliphatic heterocycles. The van der Waals surface area contributed by atoms with E-state index in [1.54, 1.807) is 0 Å². The van der Waals surface area contributed by atoms with Crippen LogP contribution >= 0.6 is 0 Å². The zero-order valence-corrected chi connectivity index (χ0v) is 12.5. The molecule has 0 bridgehead atoms. The van der Waals surface area contributed by atoms with E-state index in [1.165, 1.54) is 12.8 Å². The van der Waals surface area contributed by atoms with Crippen molar-refractivity contribution < 1.29 is 4.79 Å². The smallest absolute Gasteiger partial charge is 0.151 e. The Labute approximate surface area is 122 Å². The van der Waals surface area contributed by atoms with E-state index >= 15 is 0 Å². The van der Waals surface area contributed by atoms with Gasteiger partial charge in [0, 0.05) is 12.5 Å². The standard InChI is InChI=1S/C17H26N2O/c1-2-12-19(16-8-10-18-11-9-16)14-17(20)13-15-6-4-3-5-7-15/h3-7,16,18H,2,8-14H2,1H3. The highest BCUT2D eigenvalue weighted by molar-refractivity contribution is 5.82. The third kappa shape index (κ3) is 4.73. The molecule has 110 valence electrons. The van der Waals surface area contributed by atoms with Crippen molar-refractivity contribution in [2.45, 2.75) is 38.6 Å². The van der Waals surface area contributed by atoms with Gasteiger partial charge in [-0.3, -0.25) is 9.69 Å². The lowest BCUT2D eigenvalue weighted by Gasteiger charge is -2.34. The molecule has 0 saturated carbocycles. The molecular formula is C17H26N2O. The van der Waals surface area contributed by atoms with Crippen molar-refractivity contribution in [1.29, 1.82) is 0 Å². The van der Waals surface area contributed by atoms with Crippen LogP contribution in [0.5, 0.6) is 0 Å². The highest BCUT2D eigenvalue weighted by Gasteiger charge is 2.22. The summed E-state index contributed by atoms with van der Waals surface area (Å²) in [7, 11) is 0. The molecule has 0 aliphatic carbocycles. The highest BCUT2D eigenvalue weighted by Crippen LogP contribution is 2.13. The van der Waals surface area contributed by atoms with E-state index in [9.17, 15) is 4.79 Å². The van der Waals surface area contributed by atoms with Gasteiger partial charge in [-0.1, -0.05) is 37.3 Å². The van der Waals surface area contributed by atoms with Gasteiger partial charge in [-0.25, -0.2) is 0 Å². The number of carbonyl (C=O) groups is 1. The van der Waals surface area contributed by atoms with Gasteiger partial charge in [0.15, 0.2) is 5.78 Å². The van der Waals surface area contributed by atoms with Gasteiger partial charge in [-0.15, -0.1) is 0 Å². The van der Waals surface area contributed by atoms with Gasteiger partial charge < -0.3 is 5.32 Å². The number of nitrogens with one attached hydrogen (secondary N) is 1. The first kappa shape index (κ1) is 15.2. The van der Waals surface area contributed by atoms with E-state index in [0.29, 0.717) is 24.8 Å². The highest BCUT2D eigenvalue weighted by atomic mass is 16.1. The van der Waals surface area contributed by atoms with Gasteiger partial charge >= 0.3 is 0 Å². The quantitative estimate of drug-likeness (QED) is 0.828. The topological polar surface area (TPSA) is 32.3 Å². The first-order valence-electron chi connectivity index (χ1n) is 7.80. The molecule has 1 N–H and O–H groups in total. The SMILES string of the molecule is CCCN(CC(=O)Cc1ccccc1)C1CCNCC1. The molecule has 3 nitrogen and oxygen atoms in total. The van der Waals surface area contributed by atoms with Crippen LogP contribution < -0.4 is 5.32 Å². The largest absolute Gasteiger partial charge is 0.317 e. The molecule has 2 rings (SSSR count). The minimum atomic E-state index is 0.336. The van der Waals surface area contributed by atoms with Gasteiger partial charge in [0.1, 0.15) is 0 Å². The maximum absolute atomic E-state index is 12.3. The number of nitrogens with zero attached hydrogens (tertiary/aromatic N) is 1. The molecule has 1 fully saturated rings. The van der Waals surface area contributed by atoms with Crippen molar-refractivity contribution in [3.63, 3.8) is 0 Å². The maximum Gasteiger partial charge on any atom is 0.151 e. The van der Waals surface area contributed by atoms with Gasteiger partial charge in [-0.05, 0) is 44.5 Å². The number of hydrogen-bond donors (Lipinski definition) is 1. The molecule has 1 aromatic rings. The monoisotopic (exact) mass is 274 g/mol. The zero-order chi connectivity index (χ0) is 14.2. The summed E-state index contributed by atoms with van der Waals surface area (Å²) in [5.74, 6) is 0.336. The Bertz CT molecular complexity index is 399. The van der Waals surface area contributed by atoms with Crippen molar-refractivity contribution in [2.75, 3.05) is 26.2 Å². The van der Waals surface area contributed by atoms with Crippen LogP contribution in [0.3, 0.4) is 0 Å². The fraction of sp³-hybridized carbons (Fsp3) is 0.588. The molecule has 0 unspecified atom stereocenters. The van der Waals surface area contributed by atoms with Crippen LogP contribution in [0.4, 0.5) is 0 Å². The van der Waals surface area contributed by atoms with Crippen LogP contribution in [-0.4, -0.2) is 42.9 Å². The number of benzene rings is 1. The summed E-state index contributed by atoms with van der Waals surface area (Å²) < 4.78 is 0. The lowest BCUT2D eigenvalue weighted by molar-refractivity contribution is -0.120. The van der Waals surface area contributed by atoms with Gasteiger partial charge in [-0.2, -0.15) is 0 Å². The summed E-state index contributed by atoms with van der Waals surface area (Å²) in [4.78, 5) is 14.7. The number of hydrogen-bond acceptors (Lipinski definition) is 3.